The van der Waals surface area contributed by atoms with Crippen LogP contribution in [0.4, 0.5) is 0 Å². The fourth-order valence-electron chi connectivity index (χ4n) is 4.13. The number of hydrogen-bond acceptors (Lipinski definition) is 1. The Labute approximate surface area is 200 Å². The van der Waals surface area contributed by atoms with Crippen LogP contribution in [-0.4, -0.2) is 0 Å². The van der Waals surface area contributed by atoms with Crippen molar-refractivity contribution in [2.75, 3.05) is 0 Å². The second-order valence-corrected chi connectivity index (χ2v) is 11.7. The maximum Gasteiger partial charge on any atom is 0.209 e. The Kier molecular flexibility index (Phi) is 5.43. The fraction of sp³-hybridized carbons (Fsp3) is 0. The van der Waals surface area contributed by atoms with Crippen molar-refractivity contribution in [3.05, 3.63) is 133 Å². The number of fused-ring (bicyclic) bond motifs is 2. The summed E-state index contributed by atoms with van der Waals surface area (Å²) in [5, 5.41) is 0. The highest BCUT2D eigenvalue weighted by molar-refractivity contribution is 7.97. The smallest absolute Gasteiger partial charge is 0.209 e. The Morgan fingerprint density at radius 2 is 0.848 bits per heavy atom. The number of hydrogen-bond donors (Lipinski definition) is 0. The van der Waals surface area contributed by atoms with E-state index in [0.717, 1.165) is 11.5 Å². The lowest BCUT2D eigenvalue weighted by molar-refractivity contribution is 0.453. The third kappa shape index (κ3) is 3.84. The maximum atomic E-state index is 6.22. The summed E-state index contributed by atoms with van der Waals surface area (Å²) in [5.74, 6) is 1.91. The zero-order valence-corrected chi connectivity index (χ0v) is 19.6. The van der Waals surface area contributed by atoms with Gasteiger partial charge < -0.3 is 4.74 Å². The molecule has 1 aliphatic rings. The van der Waals surface area contributed by atoms with E-state index in [9.17, 15) is 0 Å². The lowest BCUT2D eigenvalue weighted by Gasteiger charge is -2.19. The van der Waals surface area contributed by atoms with Crippen LogP contribution in [0.25, 0.3) is 0 Å². The molecular weight excluding hydrogens is 440 g/mol. The van der Waals surface area contributed by atoms with Crippen LogP contribution >= 0.6 is 0 Å². The van der Waals surface area contributed by atoms with Crippen LogP contribution in [0.5, 0.6) is 11.5 Å². The predicted octanol–water partition coefficient (Wildman–Crippen LogP) is 7.98. The Morgan fingerprint density at radius 1 is 0.424 bits per heavy atom. The van der Waals surface area contributed by atoms with Crippen molar-refractivity contribution in [2.45, 2.75) is 29.4 Å². The van der Waals surface area contributed by atoms with E-state index in [2.05, 4.69) is 121 Å². The summed E-state index contributed by atoms with van der Waals surface area (Å²) < 4.78 is 6.22. The average Bonchev–Trinajstić information content (AvgIpc) is 2.89. The Bertz CT molecular complexity index is 1300. The van der Waals surface area contributed by atoms with Gasteiger partial charge in [-0.3, -0.25) is 0 Å². The van der Waals surface area contributed by atoms with Gasteiger partial charge in [0.25, 0.3) is 0 Å². The minimum Gasteiger partial charge on any atom is -0.447 e. The second kappa shape index (κ2) is 8.86. The summed E-state index contributed by atoms with van der Waals surface area (Å²) in [4.78, 5) is 7.80. The molecule has 3 heteroatoms. The van der Waals surface area contributed by atoms with Crippen molar-refractivity contribution in [3.63, 3.8) is 0 Å². The molecule has 0 fully saturated rings. The van der Waals surface area contributed by atoms with Crippen molar-refractivity contribution in [3.8, 4) is 11.5 Å². The molecule has 0 saturated heterocycles. The highest BCUT2D eigenvalue weighted by atomic mass is 32.2. The Morgan fingerprint density at radius 3 is 1.36 bits per heavy atom. The molecule has 1 aliphatic heterocycles. The summed E-state index contributed by atoms with van der Waals surface area (Å²) in [7, 11) is -0.330. The second-order valence-electron chi connectivity index (χ2n) is 7.71. The third-order valence-electron chi connectivity index (χ3n) is 5.61. The van der Waals surface area contributed by atoms with Gasteiger partial charge in [0.1, 0.15) is 10.9 Å². The Hall–Kier alpha value is -3.40. The van der Waals surface area contributed by atoms with Crippen LogP contribution in [-0.2, 0) is 21.8 Å². The molecule has 1 heterocycles. The Balaban J connectivity index is 1.44. The molecule has 0 unspecified atom stereocenters. The zero-order chi connectivity index (χ0) is 22.0. The molecule has 0 amide bonds. The molecule has 158 valence electrons. The lowest BCUT2D eigenvalue weighted by atomic mass is 10.3. The van der Waals surface area contributed by atoms with E-state index < -0.39 is 0 Å². The van der Waals surface area contributed by atoms with E-state index in [1.807, 2.05) is 12.1 Å². The molecular formula is C30H22OS2+2. The first-order valence-electron chi connectivity index (χ1n) is 10.9. The van der Waals surface area contributed by atoms with Gasteiger partial charge >= 0.3 is 0 Å². The van der Waals surface area contributed by atoms with Crippen molar-refractivity contribution >= 4 is 21.8 Å². The van der Waals surface area contributed by atoms with Gasteiger partial charge in [-0.1, -0.05) is 60.7 Å². The largest absolute Gasteiger partial charge is 0.447 e. The van der Waals surface area contributed by atoms with Crippen LogP contribution in [0.2, 0.25) is 0 Å². The molecule has 0 atom stereocenters. The van der Waals surface area contributed by atoms with Crippen LogP contribution in [0.3, 0.4) is 0 Å². The van der Waals surface area contributed by atoms with E-state index in [-0.39, 0.29) is 21.8 Å². The predicted molar refractivity (Wildman–Crippen MR) is 137 cm³/mol. The number of ether oxygens (including phenoxy) is 1. The molecule has 6 rings (SSSR count). The van der Waals surface area contributed by atoms with E-state index >= 15 is 0 Å². The first-order valence-corrected chi connectivity index (χ1v) is 13.4. The zero-order valence-electron chi connectivity index (χ0n) is 17.9. The fourth-order valence-corrected chi connectivity index (χ4v) is 8.42. The molecule has 5 aromatic carbocycles. The molecule has 0 aliphatic carbocycles. The van der Waals surface area contributed by atoms with Gasteiger partial charge in [0.15, 0.2) is 31.1 Å². The maximum absolute atomic E-state index is 6.22. The normalized spacial score (nSPS) is 12.6. The van der Waals surface area contributed by atoms with Gasteiger partial charge in [0.2, 0.25) is 9.79 Å². The molecule has 0 radical (unpaired) electrons. The quantitative estimate of drug-likeness (QED) is 0.241. The number of para-hydroxylation sites is 2. The van der Waals surface area contributed by atoms with Crippen LogP contribution in [0.1, 0.15) is 0 Å². The topological polar surface area (TPSA) is 9.23 Å². The first-order chi connectivity index (χ1) is 16.4. The lowest BCUT2D eigenvalue weighted by Crippen LogP contribution is -2.12. The monoisotopic (exact) mass is 462 g/mol. The molecule has 5 aromatic rings. The average molecular weight is 463 g/mol. The summed E-state index contributed by atoms with van der Waals surface area (Å²) in [5.41, 5.74) is 0. The minimum absolute atomic E-state index is 0.140. The van der Waals surface area contributed by atoms with E-state index in [1.165, 1.54) is 29.4 Å². The van der Waals surface area contributed by atoms with Gasteiger partial charge in [-0.05, 0) is 72.8 Å². The first kappa shape index (κ1) is 20.2. The summed E-state index contributed by atoms with van der Waals surface area (Å²) >= 11 is 0. The van der Waals surface area contributed by atoms with Gasteiger partial charge in [0, 0.05) is 0 Å². The molecule has 0 aromatic heterocycles. The molecule has 0 bridgehead atoms. The van der Waals surface area contributed by atoms with Crippen molar-refractivity contribution in [1.29, 1.82) is 0 Å². The van der Waals surface area contributed by atoms with Gasteiger partial charge in [-0.15, -0.1) is 0 Å². The molecule has 0 N–H and O–H groups in total. The van der Waals surface area contributed by atoms with E-state index in [4.69, 9.17) is 4.74 Å². The minimum atomic E-state index is -0.190. The summed E-state index contributed by atoms with van der Waals surface area (Å²) in [6.07, 6.45) is 0. The molecule has 33 heavy (non-hydrogen) atoms. The molecule has 0 spiro atoms. The SMILES string of the molecule is c1ccc([S+](c2ccccc2)c2ccc([S+]3c4ccccc4Oc4ccccc43)cc2)cc1. The van der Waals surface area contributed by atoms with Crippen LogP contribution in [0.15, 0.2) is 163 Å². The highest BCUT2D eigenvalue weighted by Gasteiger charge is 2.39. The summed E-state index contributed by atoms with van der Waals surface area (Å²) in [6, 6.07) is 47.7. The van der Waals surface area contributed by atoms with Crippen molar-refractivity contribution in [2.24, 2.45) is 0 Å². The summed E-state index contributed by atoms with van der Waals surface area (Å²) in [6.45, 7) is 0. The molecule has 0 saturated carbocycles. The highest BCUT2D eigenvalue weighted by Crippen LogP contribution is 2.47. The van der Waals surface area contributed by atoms with Gasteiger partial charge in [0.05, 0.1) is 10.9 Å². The van der Waals surface area contributed by atoms with Crippen molar-refractivity contribution < 1.29 is 4.74 Å². The van der Waals surface area contributed by atoms with E-state index in [1.54, 1.807) is 0 Å². The number of benzene rings is 5. The molecule has 1 nitrogen and oxygen atoms in total. The van der Waals surface area contributed by atoms with Gasteiger partial charge in [-0.2, -0.15) is 0 Å². The van der Waals surface area contributed by atoms with Crippen LogP contribution < -0.4 is 4.74 Å². The van der Waals surface area contributed by atoms with Crippen molar-refractivity contribution in [1.82, 2.24) is 0 Å². The number of rotatable bonds is 4. The standard InChI is InChI=1S/C30H22OS2/c1-3-11-23(12-4-1)32(24-13-5-2-6-14-24)25-19-21-26(22-20-25)33-29-17-9-7-15-27(29)31-28-16-8-10-18-30(28)33/h1-22H/q+2. The van der Waals surface area contributed by atoms with Gasteiger partial charge in [-0.25, -0.2) is 0 Å². The van der Waals surface area contributed by atoms with Crippen LogP contribution in [0, 0.1) is 0 Å². The van der Waals surface area contributed by atoms with E-state index in [0.29, 0.717) is 0 Å². The third-order valence-corrected chi connectivity index (χ3v) is 10.1.